The van der Waals surface area contributed by atoms with Gasteiger partial charge in [0.25, 0.3) is 0 Å². The quantitative estimate of drug-likeness (QED) is 0.376. The number of hydrogen-bond donors (Lipinski definition) is 2. The monoisotopic (exact) mass is 223 g/mol. The Morgan fingerprint density at radius 1 is 1.62 bits per heavy atom. The van der Waals surface area contributed by atoms with Crippen molar-refractivity contribution in [1.29, 1.82) is 5.41 Å². The highest BCUT2D eigenvalue weighted by molar-refractivity contribution is 7.81. The molecule has 0 spiro atoms. The molecule has 0 unspecified atom stereocenters. The second-order valence-corrected chi connectivity index (χ2v) is 3.16. The molecule has 1 heterocycles. The Morgan fingerprint density at radius 3 is 2.69 bits per heavy atom. The maximum Gasteiger partial charge on any atom is 0.241 e. The van der Waals surface area contributed by atoms with E-state index in [4.69, 9.17) is 5.41 Å². The summed E-state index contributed by atoms with van der Waals surface area (Å²) in [4.78, 5) is 14.6. The number of nitrogens with one attached hydrogen (secondary N) is 1. The van der Waals surface area contributed by atoms with E-state index < -0.39 is 0 Å². The molecule has 1 fully saturated rings. The van der Waals surface area contributed by atoms with Crippen LogP contribution in [0.2, 0.25) is 0 Å². The van der Waals surface area contributed by atoms with Gasteiger partial charge >= 0.3 is 0 Å². The number of piperazine rings is 1. The first kappa shape index (κ1) is 12.6. The molecule has 1 rings (SSSR count). The molecule has 6 heteroatoms. The fourth-order valence-electron chi connectivity index (χ4n) is 1.09. The van der Waals surface area contributed by atoms with E-state index >= 15 is 0 Å². The first-order valence-corrected chi connectivity index (χ1v) is 4.45. The molecule has 1 amide bonds. The van der Waals surface area contributed by atoms with Crippen molar-refractivity contribution in [3.63, 3.8) is 0 Å². The molecule has 0 aliphatic carbocycles. The van der Waals surface area contributed by atoms with Gasteiger partial charge in [-0.05, 0) is 0 Å². The summed E-state index contributed by atoms with van der Waals surface area (Å²) in [6, 6.07) is 0. The normalized spacial score (nSPS) is 16.9. The molecule has 0 saturated carbocycles. The molecule has 0 atom stereocenters. The summed E-state index contributed by atoms with van der Waals surface area (Å²) in [5.74, 6) is 0.907. The number of nitrogens with zero attached hydrogens (tertiary/aromatic N) is 2. The average molecular weight is 224 g/mol. The Kier molecular flexibility index (Phi) is 5.17. The van der Waals surface area contributed by atoms with Crippen LogP contribution < -0.4 is 0 Å². The highest BCUT2D eigenvalue weighted by Crippen LogP contribution is 2.01. The van der Waals surface area contributed by atoms with E-state index in [1.54, 1.807) is 16.8 Å². The fraction of sp³-hybridized carbons (Fsp3) is 0.714. The van der Waals surface area contributed by atoms with E-state index in [-0.39, 0.29) is 18.3 Å². The van der Waals surface area contributed by atoms with Gasteiger partial charge in [-0.2, -0.15) is 12.6 Å². The SMILES string of the molecule is CN1CCN(C(=N)CS)CC1=O.Cl. The summed E-state index contributed by atoms with van der Waals surface area (Å²) >= 11 is 3.99. The lowest BCUT2D eigenvalue weighted by Gasteiger charge is -2.33. The van der Waals surface area contributed by atoms with Crippen molar-refractivity contribution in [1.82, 2.24) is 9.80 Å². The molecular formula is C7H14ClN3OS. The van der Waals surface area contributed by atoms with E-state index in [1.165, 1.54) is 0 Å². The number of hydrogen-bond acceptors (Lipinski definition) is 3. The topological polar surface area (TPSA) is 47.4 Å². The van der Waals surface area contributed by atoms with Crippen LogP contribution in [0.1, 0.15) is 0 Å². The number of thiol groups is 1. The first-order chi connectivity index (χ1) is 5.65. The van der Waals surface area contributed by atoms with Crippen LogP contribution in [0.4, 0.5) is 0 Å². The highest BCUT2D eigenvalue weighted by atomic mass is 35.5. The van der Waals surface area contributed by atoms with Crippen LogP contribution in [0.3, 0.4) is 0 Å². The minimum atomic E-state index is 0. The molecule has 1 aliphatic heterocycles. The minimum Gasteiger partial charge on any atom is -0.349 e. The van der Waals surface area contributed by atoms with Gasteiger partial charge in [-0.15, -0.1) is 12.4 Å². The van der Waals surface area contributed by atoms with E-state index in [0.29, 0.717) is 24.7 Å². The summed E-state index contributed by atoms with van der Waals surface area (Å²) in [5, 5.41) is 7.47. The Bertz CT molecular complexity index is 210. The number of carbonyl (C=O) groups is 1. The minimum absolute atomic E-state index is 0. The van der Waals surface area contributed by atoms with Gasteiger partial charge in [0.15, 0.2) is 0 Å². The molecule has 0 radical (unpaired) electrons. The van der Waals surface area contributed by atoms with Crippen LogP contribution >= 0.6 is 25.0 Å². The zero-order valence-electron chi connectivity index (χ0n) is 7.49. The average Bonchev–Trinajstić information content (AvgIpc) is 2.08. The molecule has 1 aliphatic rings. The summed E-state index contributed by atoms with van der Waals surface area (Å²) in [6.07, 6.45) is 0. The number of amides is 1. The number of likely N-dealkylation sites (N-methyl/N-ethyl adjacent to an activating group) is 1. The molecule has 0 aromatic carbocycles. The maximum absolute atomic E-state index is 11.2. The predicted molar refractivity (Wildman–Crippen MR) is 58.0 cm³/mol. The maximum atomic E-state index is 11.2. The third-order valence-electron chi connectivity index (χ3n) is 1.99. The molecule has 1 saturated heterocycles. The molecule has 1 N–H and O–H groups in total. The van der Waals surface area contributed by atoms with Crippen molar-refractivity contribution in [3.05, 3.63) is 0 Å². The Hall–Kier alpha value is -0.420. The van der Waals surface area contributed by atoms with Gasteiger partial charge in [-0.3, -0.25) is 10.2 Å². The van der Waals surface area contributed by atoms with Crippen molar-refractivity contribution in [2.75, 3.05) is 32.4 Å². The Labute approximate surface area is 89.6 Å². The molecule has 0 aromatic rings. The molecule has 0 bridgehead atoms. The van der Waals surface area contributed by atoms with Gasteiger partial charge in [-0.1, -0.05) is 0 Å². The molecule has 0 aromatic heterocycles. The van der Waals surface area contributed by atoms with Gasteiger partial charge in [0, 0.05) is 25.9 Å². The second kappa shape index (κ2) is 5.34. The highest BCUT2D eigenvalue weighted by Gasteiger charge is 2.21. The van der Waals surface area contributed by atoms with Crippen molar-refractivity contribution >= 4 is 36.8 Å². The van der Waals surface area contributed by atoms with Gasteiger partial charge in [0.2, 0.25) is 5.91 Å². The number of amidine groups is 1. The van der Waals surface area contributed by atoms with E-state index in [0.717, 1.165) is 6.54 Å². The summed E-state index contributed by atoms with van der Waals surface area (Å²) < 4.78 is 0. The van der Waals surface area contributed by atoms with E-state index in [2.05, 4.69) is 12.6 Å². The van der Waals surface area contributed by atoms with Crippen LogP contribution in [-0.2, 0) is 4.79 Å². The predicted octanol–water partition coefficient (Wildman–Crippen LogP) is 0.0893. The van der Waals surface area contributed by atoms with Crippen LogP contribution in [0.5, 0.6) is 0 Å². The van der Waals surface area contributed by atoms with E-state index in [1.807, 2.05) is 0 Å². The Morgan fingerprint density at radius 2 is 2.23 bits per heavy atom. The molecule has 76 valence electrons. The summed E-state index contributed by atoms with van der Waals surface area (Å²) in [7, 11) is 1.78. The number of carbonyl (C=O) groups excluding carboxylic acids is 1. The van der Waals surface area contributed by atoms with Crippen LogP contribution in [0.15, 0.2) is 0 Å². The standard InChI is InChI=1S/C7H13N3OS.ClH/c1-9-2-3-10(4-7(9)11)6(8)5-12;/h8,12H,2-5H2,1H3;1H. The lowest BCUT2D eigenvalue weighted by Crippen LogP contribution is -2.50. The third kappa shape index (κ3) is 3.08. The summed E-state index contributed by atoms with van der Waals surface area (Å²) in [5.41, 5.74) is 0. The fourth-order valence-corrected chi connectivity index (χ4v) is 1.29. The lowest BCUT2D eigenvalue weighted by atomic mass is 10.3. The lowest BCUT2D eigenvalue weighted by molar-refractivity contribution is -0.132. The summed E-state index contributed by atoms with van der Waals surface area (Å²) in [6.45, 7) is 1.78. The molecule has 13 heavy (non-hydrogen) atoms. The van der Waals surface area contributed by atoms with Gasteiger partial charge < -0.3 is 9.80 Å². The second-order valence-electron chi connectivity index (χ2n) is 2.84. The van der Waals surface area contributed by atoms with Crippen molar-refractivity contribution in [2.24, 2.45) is 0 Å². The molecule has 4 nitrogen and oxygen atoms in total. The van der Waals surface area contributed by atoms with Crippen LogP contribution in [-0.4, -0.2) is 54.0 Å². The van der Waals surface area contributed by atoms with E-state index in [9.17, 15) is 4.79 Å². The van der Waals surface area contributed by atoms with Crippen LogP contribution in [0, 0.1) is 5.41 Å². The zero-order chi connectivity index (χ0) is 9.14. The van der Waals surface area contributed by atoms with Gasteiger partial charge in [0.05, 0.1) is 6.54 Å². The number of rotatable bonds is 1. The zero-order valence-corrected chi connectivity index (χ0v) is 9.20. The largest absolute Gasteiger partial charge is 0.349 e. The van der Waals surface area contributed by atoms with Gasteiger partial charge in [0.1, 0.15) is 5.84 Å². The third-order valence-corrected chi connectivity index (χ3v) is 2.29. The Balaban J connectivity index is 0.00000144. The van der Waals surface area contributed by atoms with Crippen LogP contribution in [0.25, 0.3) is 0 Å². The van der Waals surface area contributed by atoms with Crippen molar-refractivity contribution in [3.8, 4) is 0 Å². The van der Waals surface area contributed by atoms with Gasteiger partial charge in [-0.25, -0.2) is 0 Å². The number of halogens is 1. The van der Waals surface area contributed by atoms with Crippen molar-refractivity contribution < 1.29 is 4.79 Å². The first-order valence-electron chi connectivity index (χ1n) is 3.82. The molecular weight excluding hydrogens is 210 g/mol. The van der Waals surface area contributed by atoms with Crippen molar-refractivity contribution in [2.45, 2.75) is 0 Å². The smallest absolute Gasteiger partial charge is 0.241 e.